The molecule has 0 bridgehead atoms. The molecule has 0 radical (unpaired) electrons. The number of thioether (sulfide) groups is 1. The third kappa shape index (κ3) is 3.30. The van der Waals surface area contributed by atoms with E-state index in [1.165, 1.54) is 12.8 Å². The number of aromatic nitrogens is 4. The van der Waals surface area contributed by atoms with Crippen molar-refractivity contribution in [2.45, 2.75) is 50.2 Å². The molecule has 1 fully saturated rings. The number of ketones is 1. The Morgan fingerprint density at radius 1 is 1.50 bits per heavy atom. The lowest BCUT2D eigenvalue weighted by Gasteiger charge is -2.01. The molecule has 2 rings (SSSR count). The summed E-state index contributed by atoms with van der Waals surface area (Å²) in [5, 5.41) is 12.6. The van der Waals surface area contributed by atoms with Gasteiger partial charge >= 0.3 is 0 Å². The van der Waals surface area contributed by atoms with Crippen molar-refractivity contribution in [3.05, 3.63) is 0 Å². The van der Waals surface area contributed by atoms with Crippen LogP contribution in [-0.4, -0.2) is 31.7 Å². The number of hydrogen-bond acceptors (Lipinski definition) is 5. The van der Waals surface area contributed by atoms with Crippen molar-refractivity contribution >= 4 is 17.5 Å². The molecule has 5 nitrogen and oxygen atoms in total. The summed E-state index contributed by atoms with van der Waals surface area (Å²) in [5.41, 5.74) is 0. The topological polar surface area (TPSA) is 60.7 Å². The lowest BCUT2D eigenvalue weighted by molar-refractivity contribution is -0.117. The minimum atomic E-state index is 0.271. The zero-order valence-electron chi connectivity index (χ0n) is 9.43. The summed E-state index contributed by atoms with van der Waals surface area (Å²) >= 11 is 1.69. The minimum absolute atomic E-state index is 0.271. The molecule has 1 aliphatic carbocycles. The molecule has 0 N–H and O–H groups in total. The summed E-state index contributed by atoms with van der Waals surface area (Å²) in [6.07, 6.45) is 5.09. The molecular formula is C10H16N4OS. The van der Waals surface area contributed by atoms with Gasteiger partial charge in [-0.15, -0.1) is 5.10 Å². The lowest BCUT2D eigenvalue weighted by Crippen LogP contribution is -1.99. The number of nitrogens with zero attached hydrogens (tertiary/aromatic N) is 4. The van der Waals surface area contributed by atoms with Gasteiger partial charge in [-0.25, -0.2) is 4.68 Å². The number of Topliss-reactive ketones (excluding diaryl/α,β-unsaturated/α-hetero) is 1. The maximum absolute atomic E-state index is 10.7. The summed E-state index contributed by atoms with van der Waals surface area (Å²) in [6, 6.07) is 0.537. The summed E-state index contributed by atoms with van der Waals surface area (Å²) in [5.74, 6) is 1.26. The second kappa shape index (κ2) is 5.43. The summed E-state index contributed by atoms with van der Waals surface area (Å²) < 4.78 is 1.93. The molecular weight excluding hydrogens is 224 g/mol. The Morgan fingerprint density at radius 2 is 2.31 bits per heavy atom. The molecule has 0 aliphatic heterocycles. The number of tetrazole rings is 1. The standard InChI is InChI=1S/C10H16N4OS/c1-8(15)4-2-3-7-16-10-11-12-13-14(10)9-5-6-9/h9H,2-7H2,1H3. The van der Waals surface area contributed by atoms with Crippen molar-refractivity contribution in [1.29, 1.82) is 0 Å². The predicted octanol–water partition coefficient (Wildman–Crippen LogP) is 1.86. The monoisotopic (exact) mass is 240 g/mol. The first-order valence-electron chi connectivity index (χ1n) is 5.67. The third-order valence-electron chi connectivity index (χ3n) is 2.51. The van der Waals surface area contributed by atoms with Crippen LogP contribution in [0.15, 0.2) is 5.16 Å². The molecule has 1 heterocycles. The van der Waals surface area contributed by atoms with Gasteiger partial charge in [0.25, 0.3) is 0 Å². The Bertz CT molecular complexity index is 361. The Morgan fingerprint density at radius 3 is 3.00 bits per heavy atom. The van der Waals surface area contributed by atoms with E-state index in [0.717, 1.165) is 23.8 Å². The van der Waals surface area contributed by atoms with Gasteiger partial charge in [-0.1, -0.05) is 11.8 Å². The van der Waals surface area contributed by atoms with Crippen LogP contribution in [0.5, 0.6) is 0 Å². The number of carbonyl (C=O) groups is 1. The lowest BCUT2D eigenvalue weighted by atomic mass is 10.2. The van der Waals surface area contributed by atoms with Gasteiger partial charge in [0.15, 0.2) is 0 Å². The van der Waals surface area contributed by atoms with Crippen molar-refractivity contribution in [2.24, 2.45) is 0 Å². The van der Waals surface area contributed by atoms with E-state index >= 15 is 0 Å². The predicted molar refractivity (Wildman–Crippen MR) is 61.3 cm³/mol. The van der Waals surface area contributed by atoms with Crippen LogP contribution in [0.1, 0.15) is 45.1 Å². The summed E-state index contributed by atoms with van der Waals surface area (Å²) in [4.78, 5) is 10.7. The van der Waals surface area contributed by atoms with Gasteiger partial charge in [-0.05, 0) is 43.0 Å². The zero-order valence-corrected chi connectivity index (χ0v) is 10.2. The van der Waals surface area contributed by atoms with Gasteiger partial charge in [0, 0.05) is 12.2 Å². The van der Waals surface area contributed by atoms with Crippen LogP contribution in [0.3, 0.4) is 0 Å². The van der Waals surface area contributed by atoms with Crippen molar-refractivity contribution < 1.29 is 4.79 Å². The van der Waals surface area contributed by atoms with Crippen LogP contribution in [0.4, 0.5) is 0 Å². The first kappa shape index (κ1) is 11.6. The van der Waals surface area contributed by atoms with Gasteiger partial charge in [0.2, 0.25) is 5.16 Å². The molecule has 1 saturated carbocycles. The van der Waals surface area contributed by atoms with Crippen molar-refractivity contribution in [3.63, 3.8) is 0 Å². The van der Waals surface area contributed by atoms with Gasteiger partial charge in [0.05, 0.1) is 6.04 Å². The van der Waals surface area contributed by atoms with E-state index in [0.29, 0.717) is 12.5 Å². The first-order chi connectivity index (χ1) is 7.77. The molecule has 0 atom stereocenters. The SMILES string of the molecule is CC(=O)CCCCSc1nnnn1C1CC1. The van der Waals surface area contributed by atoms with E-state index in [-0.39, 0.29) is 5.78 Å². The summed E-state index contributed by atoms with van der Waals surface area (Å²) in [7, 11) is 0. The highest BCUT2D eigenvalue weighted by atomic mass is 32.2. The van der Waals surface area contributed by atoms with Crippen LogP contribution in [0, 0.1) is 0 Å². The fourth-order valence-electron chi connectivity index (χ4n) is 1.47. The number of carbonyl (C=O) groups excluding carboxylic acids is 1. The van der Waals surface area contributed by atoms with Crippen LogP contribution < -0.4 is 0 Å². The van der Waals surface area contributed by atoms with Crippen molar-refractivity contribution in [2.75, 3.05) is 5.75 Å². The maximum Gasteiger partial charge on any atom is 0.209 e. The summed E-state index contributed by atoms with van der Waals surface area (Å²) in [6.45, 7) is 1.64. The van der Waals surface area contributed by atoms with E-state index < -0.39 is 0 Å². The van der Waals surface area contributed by atoms with Crippen LogP contribution >= 0.6 is 11.8 Å². The fraction of sp³-hybridized carbons (Fsp3) is 0.800. The molecule has 1 aliphatic rings. The molecule has 0 amide bonds. The first-order valence-corrected chi connectivity index (χ1v) is 6.66. The Kier molecular flexibility index (Phi) is 3.93. The third-order valence-corrected chi connectivity index (χ3v) is 3.53. The Balaban J connectivity index is 1.68. The average molecular weight is 240 g/mol. The quantitative estimate of drug-likeness (QED) is 0.538. The second-order valence-electron chi connectivity index (χ2n) is 4.14. The highest BCUT2D eigenvalue weighted by Crippen LogP contribution is 2.36. The zero-order chi connectivity index (χ0) is 11.4. The van der Waals surface area contributed by atoms with Crippen molar-refractivity contribution in [1.82, 2.24) is 20.2 Å². The van der Waals surface area contributed by atoms with Crippen LogP contribution in [0.2, 0.25) is 0 Å². The number of rotatable bonds is 7. The van der Waals surface area contributed by atoms with Crippen LogP contribution in [0.25, 0.3) is 0 Å². The number of unbranched alkanes of at least 4 members (excludes halogenated alkanes) is 1. The highest BCUT2D eigenvalue weighted by molar-refractivity contribution is 7.99. The molecule has 0 aromatic carbocycles. The molecule has 0 unspecified atom stereocenters. The molecule has 0 spiro atoms. The Labute approximate surface area is 99.0 Å². The fourth-order valence-corrected chi connectivity index (χ4v) is 2.41. The van der Waals surface area contributed by atoms with Crippen molar-refractivity contribution in [3.8, 4) is 0 Å². The molecule has 1 aromatic heterocycles. The highest BCUT2D eigenvalue weighted by Gasteiger charge is 2.27. The van der Waals surface area contributed by atoms with E-state index in [4.69, 9.17) is 0 Å². The van der Waals surface area contributed by atoms with Gasteiger partial charge in [0.1, 0.15) is 5.78 Å². The number of hydrogen-bond donors (Lipinski definition) is 0. The van der Waals surface area contributed by atoms with E-state index in [2.05, 4.69) is 15.5 Å². The average Bonchev–Trinajstić information content (AvgIpc) is 2.98. The van der Waals surface area contributed by atoms with E-state index in [1.807, 2.05) is 4.68 Å². The second-order valence-corrected chi connectivity index (χ2v) is 5.21. The van der Waals surface area contributed by atoms with E-state index in [9.17, 15) is 4.79 Å². The van der Waals surface area contributed by atoms with Crippen LogP contribution in [-0.2, 0) is 4.79 Å². The van der Waals surface area contributed by atoms with E-state index in [1.54, 1.807) is 18.7 Å². The normalized spacial score (nSPS) is 15.3. The van der Waals surface area contributed by atoms with Gasteiger partial charge in [-0.2, -0.15) is 0 Å². The Hall–Kier alpha value is -0.910. The largest absolute Gasteiger partial charge is 0.300 e. The molecule has 6 heteroatoms. The molecule has 16 heavy (non-hydrogen) atoms. The van der Waals surface area contributed by atoms with Gasteiger partial charge < -0.3 is 4.79 Å². The maximum atomic E-state index is 10.7. The molecule has 0 saturated heterocycles. The molecule has 88 valence electrons. The smallest absolute Gasteiger partial charge is 0.209 e. The molecule has 1 aromatic rings. The minimum Gasteiger partial charge on any atom is -0.300 e. The van der Waals surface area contributed by atoms with Gasteiger partial charge in [-0.3, -0.25) is 0 Å².